The zero-order valence-electron chi connectivity index (χ0n) is 9.37. The summed E-state index contributed by atoms with van der Waals surface area (Å²) in [5.74, 6) is 3.81. The van der Waals surface area contributed by atoms with Gasteiger partial charge >= 0.3 is 0 Å². The van der Waals surface area contributed by atoms with E-state index >= 15 is 0 Å². The van der Waals surface area contributed by atoms with Gasteiger partial charge in [0.1, 0.15) is 0 Å². The van der Waals surface area contributed by atoms with Crippen molar-refractivity contribution < 1.29 is 5.11 Å². The van der Waals surface area contributed by atoms with Crippen LogP contribution in [0.4, 0.5) is 0 Å². The molecule has 2 heteroatoms. The molecule has 1 N–H and O–H groups in total. The van der Waals surface area contributed by atoms with Crippen LogP contribution in [0, 0.1) is 5.92 Å². The van der Waals surface area contributed by atoms with Crippen molar-refractivity contribution in [2.75, 3.05) is 18.1 Å². The first-order valence-electron chi connectivity index (χ1n) is 5.60. The highest BCUT2D eigenvalue weighted by Crippen LogP contribution is 2.21. The SMILES string of the molecule is C=CCCCCO.CC1CCCSC1. The molecule has 1 heterocycles. The average molecular weight is 216 g/mol. The molecule has 0 amide bonds. The molecular weight excluding hydrogens is 192 g/mol. The summed E-state index contributed by atoms with van der Waals surface area (Å²) in [6.45, 7) is 6.20. The second kappa shape index (κ2) is 11.1. The molecule has 0 aliphatic carbocycles. The normalized spacial score (nSPS) is 20.9. The number of unbranched alkanes of at least 4 members (excludes halogenated alkanes) is 2. The molecule has 1 aliphatic heterocycles. The lowest BCUT2D eigenvalue weighted by Crippen LogP contribution is -2.04. The van der Waals surface area contributed by atoms with E-state index < -0.39 is 0 Å². The van der Waals surface area contributed by atoms with Crippen LogP contribution in [0.15, 0.2) is 12.7 Å². The second-order valence-electron chi connectivity index (χ2n) is 3.83. The van der Waals surface area contributed by atoms with E-state index in [0.717, 1.165) is 25.2 Å². The maximum Gasteiger partial charge on any atom is 0.0431 e. The van der Waals surface area contributed by atoms with E-state index in [1.165, 1.54) is 24.3 Å². The predicted molar refractivity (Wildman–Crippen MR) is 66.9 cm³/mol. The Hall–Kier alpha value is 0.0500. The summed E-state index contributed by atoms with van der Waals surface area (Å²) in [7, 11) is 0. The first-order valence-corrected chi connectivity index (χ1v) is 6.76. The molecule has 0 radical (unpaired) electrons. The molecule has 0 spiro atoms. The van der Waals surface area contributed by atoms with E-state index in [1.54, 1.807) is 0 Å². The summed E-state index contributed by atoms with van der Waals surface area (Å²) in [5.41, 5.74) is 0. The molecule has 1 nitrogen and oxygen atoms in total. The lowest BCUT2D eigenvalue weighted by molar-refractivity contribution is 0.285. The minimum atomic E-state index is 0.313. The molecule has 0 aromatic rings. The standard InChI is InChI=1S/C6H12O.C6H12S/c1-2-3-4-5-6-7;1-6-3-2-4-7-5-6/h2,7H,1,3-6H2;6H,2-5H2,1H3. The molecule has 14 heavy (non-hydrogen) atoms. The fourth-order valence-corrected chi connectivity index (χ4v) is 2.41. The van der Waals surface area contributed by atoms with E-state index in [0.29, 0.717) is 6.61 Å². The lowest BCUT2D eigenvalue weighted by Gasteiger charge is -2.15. The number of thioether (sulfide) groups is 1. The number of hydrogen-bond donors (Lipinski definition) is 1. The van der Waals surface area contributed by atoms with Gasteiger partial charge in [0, 0.05) is 6.61 Å². The molecular formula is C12H24OS. The fourth-order valence-electron chi connectivity index (χ4n) is 1.30. The maximum absolute atomic E-state index is 8.26. The Morgan fingerprint density at radius 3 is 2.64 bits per heavy atom. The number of rotatable bonds is 4. The molecule has 1 rings (SSSR count). The average Bonchev–Trinajstić information content (AvgIpc) is 2.21. The maximum atomic E-state index is 8.26. The molecule has 1 atom stereocenters. The molecule has 1 fully saturated rings. The molecule has 0 saturated carbocycles. The Morgan fingerprint density at radius 1 is 1.50 bits per heavy atom. The second-order valence-corrected chi connectivity index (χ2v) is 4.98. The Labute approximate surface area is 93.0 Å². The number of allylic oxidation sites excluding steroid dienone is 1. The Kier molecular flexibility index (Phi) is 11.2. The molecule has 84 valence electrons. The summed E-state index contributed by atoms with van der Waals surface area (Å²) < 4.78 is 0. The highest BCUT2D eigenvalue weighted by Gasteiger charge is 2.06. The lowest BCUT2D eigenvalue weighted by atomic mass is 10.1. The van der Waals surface area contributed by atoms with Crippen LogP contribution in [-0.2, 0) is 0 Å². The van der Waals surface area contributed by atoms with Gasteiger partial charge in [-0.2, -0.15) is 11.8 Å². The van der Waals surface area contributed by atoms with E-state index in [2.05, 4.69) is 25.3 Å². The monoisotopic (exact) mass is 216 g/mol. The van der Waals surface area contributed by atoms with Crippen molar-refractivity contribution in [3.63, 3.8) is 0 Å². The summed E-state index contributed by atoms with van der Waals surface area (Å²) in [6, 6.07) is 0. The van der Waals surface area contributed by atoms with Crippen LogP contribution in [0.25, 0.3) is 0 Å². The van der Waals surface area contributed by atoms with Gasteiger partial charge in [0.05, 0.1) is 0 Å². The van der Waals surface area contributed by atoms with Crippen LogP contribution >= 0.6 is 11.8 Å². The van der Waals surface area contributed by atoms with Gasteiger partial charge in [-0.3, -0.25) is 0 Å². The number of aliphatic hydroxyl groups is 1. The van der Waals surface area contributed by atoms with Gasteiger partial charge in [-0.15, -0.1) is 6.58 Å². The molecule has 0 bridgehead atoms. The van der Waals surface area contributed by atoms with Crippen molar-refractivity contribution in [2.45, 2.75) is 39.0 Å². The van der Waals surface area contributed by atoms with Crippen LogP contribution in [0.5, 0.6) is 0 Å². The minimum absolute atomic E-state index is 0.313. The first kappa shape index (κ1) is 14.1. The third-order valence-electron chi connectivity index (χ3n) is 2.20. The van der Waals surface area contributed by atoms with Crippen molar-refractivity contribution in [1.82, 2.24) is 0 Å². The molecule has 0 aromatic carbocycles. The van der Waals surface area contributed by atoms with Crippen molar-refractivity contribution in [3.8, 4) is 0 Å². The molecule has 1 aliphatic rings. The summed E-state index contributed by atoms with van der Waals surface area (Å²) in [6.07, 6.45) is 7.79. The van der Waals surface area contributed by atoms with Crippen LogP contribution in [0.1, 0.15) is 39.0 Å². The highest BCUT2D eigenvalue weighted by atomic mass is 32.2. The van der Waals surface area contributed by atoms with Gasteiger partial charge in [0.25, 0.3) is 0 Å². The Morgan fingerprint density at radius 2 is 2.29 bits per heavy atom. The van der Waals surface area contributed by atoms with Crippen LogP contribution < -0.4 is 0 Å². The minimum Gasteiger partial charge on any atom is -0.396 e. The summed E-state index contributed by atoms with van der Waals surface area (Å²) >= 11 is 2.10. The summed E-state index contributed by atoms with van der Waals surface area (Å²) in [4.78, 5) is 0. The Bertz CT molecular complexity index is 119. The largest absolute Gasteiger partial charge is 0.396 e. The topological polar surface area (TPSA) is 20.2 Å². The van der Waals surface area contributed by atoms with Gasteiger partial charge in [-0.25, -0.2) is 0 Å². The van der Waals surface area contributed by atoms with E-state index in [1.807, 2.05) is 6.08 Å². The molecule has 1 unspecified atom stereocenters. The van der Waals surface area contributed by atoms with Crippen LogP contribution in [0.2, 0.25) is 0 Å². The van der Waals surface area contributed by atoms with Crippen LogP contribution in [-0.4, -0.2) is 23.2 Å². The van der Waals surface area contributed by atoms with E-state index in [4.69, 9.17) is 5.11 Å². The third kappa shape index (κ3) is 10.1. The van der Waals surface area contributed by atoms with Gasteiger partial charge in [-0.1, -0.05) is 13.0 Å². The predicted octanol–water partition coefficient (Wildman–Crippen LogP) is 3.48. The van der Waals surface area contributed by atoms with Gasteiger partial charge in [0.15, 0.2) is 0 Å². The zero-order valence-corrected chi connectivity index (χ0v) is 10.2. The highest BCUT2D eigenvalue weighted by molar-refractivity contribution is 7.99. The van der Waals surface area contributed by atoms with Gasteiger partial charge in [-0.05, 0) is 49.5 Å². The van der Waals surface area contributed by atoms with Gasteiger partial charge < -0.3 is 5.11 Å². The number of aliphatic hydroxyl groups excluding tert-OH is 1. The third-order valence-corrected chi connectivity index (χ3v) is 3.59. The van der Waals surface area contributed by atoms with Crippen LogP contribution in [0.3, 0.4) is 0 Å². The van der Waals surface area contributed by atoms with Crippen molar-refractivity contribution in [3.05, 3.63) is 12.7 Å². The smallest absolute Gasteiger partial charge is 0.0431 e. The van der Waals surface area contributed by atoms with Crippen molar-refractivity contribution in [1.29, 1.82) is 0 Å². The van der Waals surface area contributed by atoms with Gasteiger partial charge in [0.2, 0.25) is 0 Å². The number of hydrogen-bond acceptors (Lipinski definition) is 2. The molecule has 0 aromatic heterocycles. The fraction of sp³-hybridized carbons (Fsp3) is 0.833. The van der Waals surface area contributed by atoms with E-state index in [9.17, 15) is 0 Å². The quantitative estimate of drug-likeness (QED) is 0.573. The van der Waals surface area contributed by atoms with E-state index in [-0.39, 0.29) is 0 Å². The van der Waals surface area contributed by atoms with Crippen molar-refractivity contribution in [2.24, 2.45) is 5.92 Å². The zero-order chi connectivity index (χ0) is 10.6. The summed E-state index contributed by atoms with van der Waals surface area (Å²) in [5, 5.41) is 8.26. The first-order chi connectivity index (χ1) is 6.81. The molecule has 1 saturated heterocycles. The van der Waals surface area contributed by atoms with Crippen molar-refractivity contribution >= 4 is 11.8 Å². The Balaban J connectivity index is 0.000000241.